The van der Waals surface area contributed by atoms with E-state index in [1.165, 1.54) is 16.8 Å². The number of halogens is 3. The van der Waals surface area contributed by atoms with E-state index in [-0.39, 0.29) is 5.56 Å². The molecule has 0 spiro atoms. The van der Waals surface area contributed by atoms with Crippen molar-refractivity contribution < 1.29 is 8.78 Å². The van der Waals surface area contributed by atoms with Crippen molar-refractivity contribution in [1.29, 1.82) is 0 Å². The third-order valence-corrected chi connectivity index (χ3v) is 2.99. The van der Waals surface area contributed by atoms with Gasteiger partial charge in [-0.05, 0) is 18.2 Å². The summed E-state index contributed by atoms with van der Waals surface area (Å²) in [6, 6.07) is 3.18. The molecule has 18 heavy (non-hydrogen) atoms. The normalized spacial score (nSPS) is 12.7. The number of nitrogens with two attached hydrogens (primary N) is 1. The number of nitrogens with zero attached hydrogens (tertiary/aromatic N) is 2. The fraction of sp³-hybridized carbons (Fsp3) is 0.182. The van der Waals surface area contributed by atoms with Gasteiger partial charge in [-0.1, -0.05) is 15.9 Å². The van der Waals surface area contributed by atoms with Crippen molar-refractivity contribution in [3.63, 3.8) is 0 Å². The second-order valence-corrected chi connectivity index (χ2v) is 4.71. The predicted molar refractivity (Wildman–Crippen MR) is 66.4 cm³/mol. The quantitative estimate of drug-likeness (QED) is 0.673. The molecule has 0 aliphatic rings. The molecular weight excluding hydrogens is 306 g/mol. The van der Waals surface area contributed by atoms with Gasteiger partial charge < -0.3 is 0 Å². The number of benzene rings is 1. The van der Waals surface area contributed by atoms with Crippen LogP contribution in [0.2, 0.25) is 0 Å². The summed E-state index contributed by atoms with van der Waals surface area (Å²) in [5.74, 6) is 4.01. The lowest BCUT2D eigenvalue weighted by Gasteiger charge is -2.16. The van der Waals surface area contributed by atoms with Crippen molar-refractivity contribution in [2.45, 2.75) is 6.04 Å². The maximum atomic E-state index is 13.8. The molecule has 4 nitrogen and oxygen atoms in total. The number of rotatable bonds is 3. The van der Waals surface area contributed by atoms with Gasteiger partial charge >= 0.3 is 0 Å². The van der Waals surface area contributed by atoms with Crippen LogP contribution in [0.3, 0.4) is 0 Å². The summed E-state index contributed by atoms with van der Waals surface area (Å²) in [5.41, 5.74) is 2.67. The smallest absolute Gasteiger partial charge is 0.132 e. The first-order valence-electron chi connectivity index (χ1n) is 5.13. The van der Waals surface area contributed by atoms with Crippen molar-refractivity contribution >= 4 is 15.9 Å². The molecule has 7 heteroatoms. The molecule has 0 aliphatic heterocycles. The molecule has 0 fully saturated rings. The first kappa shape index (κ1) is 13.1. The lowest BCUT2D eigenvalue weighted by Crippen LogP contribution is -2.30. The monoisotopic (exact) mass is 316 g/mol. The SMILES string of the molecule is Cn1ccc(C(NN)c2c(F)cc(Br)cc2F)n1. The van der Waals surface area contributed by atoms with Crippen LogP contribution < -0.4 is 11.3 Å². The van der Waals surface area contributed by atoms with Crippen molar-refractivity contribution in [1.82, 2.24) is 15.2 Å². The molecule has 0 amide bonds. The summed E-state index contributed by atoms with van der Waals surface area (Å²) in [6.45, 7) is 0. The van der Waals surface area contributed by atoms with E-state index in [1.54, 1.807) is 19.3 Å². The van der Waals surface area contributed by atoms with E-state index < -0.39 is 17.7 Å². The maximum absolute atomic E-state index is 13.8. The summed E-state index contributed by atoms with van der Waals surface area (Å²) >= 11 is 3.03. The van der Waals surface area contributed by atoms with Crippen LogP contribution in [0, 0.1) is 11.6 Å². The van der Waals surface area contributed by atoms with E-state index in [1.807, 2.05) is 0 Å². The van der Waals surface area contributed by atoms with E-state index in [0.717, 1.165) is 0 Å². The van der Waals surface area contributed by atoms with Crippen molar-refractivity contribution in [3.05, 3.63) is 51.8 Å². The molecule has 0 saturated carbocycles. The zero-order chi connectivity index (χ0) is 13.3. The van der Waals surface area contributed by atoms with Gasteiger partial charge in [-0.2, -0.15) is 5.10 Å². The van der Waals surface area contributed by atoms with E-state index in [2.05, 4.69) is 26.5 Å². The standard InChI is InChI=1S/C11H11BrF2N4/c1-18-3-2-9(17-18)11(16-15)10-7(13)4-6(12)5-8(10)14/h2-5,11,16H,15H2,1H3. The van der Waals surface area contributed by atoms with Crippen LogP contribution in [0.5, 0.6) is 0 Å². The van der Waals surface area contributed by atoms with Gasteiger partial charge in [0.15, 0.2) is 0 Å². The summed E-state index contributed by atoms with van der Waals surface area (Å²) < 4.78 is 29.5. The Hall–Kier alpha value is -1.31. The topological polar surface area (TPSA) is 55.9 Å². The van der Waals surface area contributed by atoms with Gasteiger partial charge in [-0.3, -0.25) is 10.5 Å². The third-order valence-electron chi connectivity index (χ3n) is 2.53. The highest BCUT2D eigenvalue weighted by atomic mass is 79.9. The minimum absolute atomic E-state index is 0.153. The molecule has 0 aliphatic carbocycles. The zero-order valence-electron chi connectivity index (χ0n) is 9.49. The summed E-state index contributed by atoms with van der Waals surface area (Å²) in [4.78, 5) is 0. The first-order chi connectivity index (χ1) is 8.52. The van der Waals surface area contributed by atoms with Gasteiger partial charge in [0.25, 0.3) is 0 Å². The van der Waals surface area contributed by atoms with Gasteiger partial charge in [0.05, 0.1) is 11.7 Å². The molecule has 1 aromatic carbocycles. The molecule has 1 heterocycles. The summed E-state index contributed by atoms with van der Waals surface area (Å²) in [6.07, 6.45) is 1.67. The van der Waals surface area contributed by atoms with Crippen LogP contribution in [0.15, 0.2) is 28.9 Å². The number of hydrazine groups is 1. The first-order valence-corrected chi connectivity index (χ1v) is 5.92. The number of hydrogen-bond donors (Lipinski definition) is 2. The number of hydrogen-bond acceptors (Lipinski definition) is 3. The Morgan fingerprint density at radius 2 is 2.00 bits per heavy atom. The van der Waals surface area contributed by atoms with Gasteiger partial charge in [0.2, 0.25) is 0 Å². The Balaban J connectivity index is 2.51. The highest BCUT2D eigenvalue weighted by Crippen LogP contribution is 2.27. The summed E-state index contributed by atoms with van der Waals surface area (Å²) in [7, 11) is 1.71. The molecule has 2 aromatic rings. The predicted octanol–water partition coefficient (Wildman–Crippen LogP) is 2.01. The Kier molecular flexibility index (Phi) is 3.74. The molecule has 1 aromatic heterocycles. The number of nitrogens with one attached hydrogen (secondary N) is 1. The van der Waals surface area contributed by atoms with Gasteiger partial charge in [0, 0.05) is 23.3 Å². The molecule has 1 unspecified atom stereocenters. The van der Waals surface area contributed by atoms with Crippen LogP contribution in [-0.4, -0.2) is 9.78 Å². The van der Waals surface area contributed by atoms with Crippen LogP contribution in [0.1, 0.15) is 17.3 Å². The highest BCUT2D eigenvalue weighted by Gasteiger charge is 2.23. The minimum Gasteiger partial charge on any atom is -0.275 e. The van der Waals surface area contributed by atoms with Crippen LogP contribution in [0.25, 0.3) is 0 Å². The van der Waals surface area contributed by atoms with Crippen molar-refractivity contribution in [2.24, 2.45) is 12.9 Å². The fourth-order valence-corrected chi connectivity index (χ4v) is 2.13. The van der Waals surface area contributed by atoms with Gasteiger partial charge in [-0.25, -0.2) is 14.2 Å². The average Bonchev–Trinajstić information content (AvgIpc) is 2.69. The molecule has 1 atom stereocenters. The number of aromatic nitrogens is 2. The second-order valence-electron chi connectivity index (χ2n) is 3.80. The van der Waals surface area contributed by atoms with E-state index in [4.69, 9.17) is 5.84 Å². The third kappa shape index (κ3) is 2.43. The Bertz CT molecular complexity index is 547. The van der Waals surface area contributed by atoms with Gasteiger partial charge in [-0.15, -0.1) is 0 Å². The molecule has 96 valence electrons. The summed E-state index contributed by atoms with van der Waals surface area (Å²) in [5, 5.41) is 4.09. The molecule has 3 N–H and O–H groups in total. The average molecular weight is 317 g/mol. The van der Waals surface area contributed by atoms with Crippen molar-refractivity contribution in [3.8, 4) is 0 Å². The Labute approximate surface area is 111 Å². The van der Waals surface area contributed by atoms with E-state index in [0.29, 0.717) is 10.2 Å². The lowest BCUT2D eigenvalue weighted by molar-refractivity contribution is 0.501. The van der Waals surface area contributed by atoms with E-state index >= 15 is 0 Å². The molecular formula is C11H11BrF2N4. The van der Waals surface area contributed by atoms with Crippen LogP contribution >= 0.6 is 15.9 Å². The maximum Gasteiger partial charge on any atom is 0.132 e. The van der Waals surface area contributed by atoms with Crippen LogP contribution in [0.4, 0.5) is 8.78 Å². The van der Waals surface area contributed by atoms with Gasteiger partial charge in [0.1, 0.15) is 11.6 Å². The number of aryl methyl sites for hydroxylation is 1. The van der Waals surface area contributed by atoms with Crippen LogP contribution in [-0.2, 0) is 7.05 Å². The molecule has 0 saturated heterocycles. The van der Waals surface area contributed by atoms with E-state index in [9.17, 15) is 8.78 Å². The molecule has 2 rings (SSSR count). The fourth-order valence-electron chi connectivity index (χ4n) is 1.73. The Morgan fingerprint density at radius 1 is 1.39 bits per heavy atom. The minimum atomic E-state index is -0.834. The molecule has 0 bridgehead atoms. The molecule has 0 radical (unpaired) electrons. The second kappa shape index (κ2) is 5.13. The zero-order valence-corrected chi connectivity index (χ0v) is 11.1. The Morgan fingerprint density at radius 3 is 2.44 bits per heavy atom. The highest BCUT2D eigenvalue weighted by molar-refractivity contribution is 9.10. The van der Waals surface area contributed by atoms with Crippen molar-refractivity contribution in [2.75, 3.05) is 0 Å². The largest absolute Gasteiger partial charge is 0.275 e. The lowest BCUT2D eigenvalue weighted by atomic mass is 10.0.